The maximum Gasteiger partial charge on any atom is 0.338 e. The average molecular weight is 476 g/mol. The summed E-state index contributed by atoms with van der Waals surface area (Å²) in [6.45, 7) is 0. The third kappa shape index (κ3) is 5.81. The number of hydrogen-bond donors (Lipinski definition) is 0. The first-order valence-corrected chi connectivity index (χ1v) is 11.5. The molecule has 3 nitrogen and oxygen atoms in total. The number of ether oxygens (including phenoxy) is 1. The molecular weight excluding hydrogens is 453 g/mol. The van der Waals surface area contributed by atoms with Crippen molar-refractivity contribution in [2.45, 2.75) is 18.2 Å². The summed E-state index contributed by atoms with van der Waals surface area (Å²) < 4.78 is 4.89. The first-order chi connectivity index (χ1) is 16.0. The molecular formula is C28H23Cl2NO2. The fourth-order valence-corrected chi connectivity index (χ4v) is 4.15. The van der Waals surface area contributed by atoms with Gasteiger partial charge in [-0.25, -0.2) is 9.78 Å². The minimum Gasteiger partial charge on any atom is -0.465 e. The molecule has 0 N–H and O–H groups in total. The number of alkyl halides is 1. The average Bonchev–Trinajstić information content (AvgIpc) is 2.85. The van der Waals surface area contributed by atoms with Gasteiger partial charge in [-0.3, -0.25) is 0 Å². The molecule has 166 valence electrons. The Bertz CT molecular complexity index is 1320. The van der Waals surface area contributed by atoms with Gasteiger partial charge in [0.25, 0.3) is 0 Å². The zero-order chi connectivity index (χ0) is 23.2. The number of carbonyl (C=O) groups excluding carboxylic acids is 1. The Morgan fingerprint density at radius 1 is 1.00 bits per heavy atom. The van der Waals surface area contributed by atoms with E-state index < -0.39 is 0 Å². The second-order valence-electron chi connectivity index (χ2n) is 7.73. The topological polar surface area (TPSA) is 39.2 Å². The van der Waals surface area contributed by atoms with E-state index in [9.17, 15) is 4.79 Å². The van der Waals surface area contributed by atoms with Gasteiger partial charge in [0.05, 0.1) is 29.3 Å². The summed E-state index contributed by atoms with van der Waals surface area (Å²) in [5.74, 6) is -0.326. The molecule has 0 radical (unpaired) electrons. The molecule has 1 aromatic heterocycles. The van der Waals surface area contributed by atoms with Crippen molar-refractivity contribution < 1.29 is 9.53 Å². The fraction of sp³-hybridized carbons (Fsp3) is 0.143. The highest BCUT2D eigenvalue weighted by molar-refractivity contribution is 6.31. The molecule has 33 heavy (non-hydrogen) atoms. The van der Waals surface area contributed by atoms with Crippen molar-refractivity contribution in [3.8, 4) is 0 Å². The lowest BCUT2D eigenvalue weighted by Crippen LogP contribution is -2.06. The third-order valence-electron chi connectivity index (χ3n) is 5.48. The van der Waals surface area contributed by atoms with Crippen molar-refractivity contribution in [2.24, 2.45) is 0 Å². The highest BCUT2D eigenvalue weighted by Gasteiger charge is 2.14. The predicted octanol–water partition coefficient (Wildman–Crippen LogP) is 7.76. The number of carbonyl (C=O) groups is 1. The second-order valence-corrected chi connectivity index (χ2v) is 8.69. The van der Waals surface area contributed by atoms with Crippen molar-refractivity contribution in [1.29, 1.82) is 0 Å². The van der Waals surface area contributed by atoms with Crippen molar-refractivity contribution in [3.63, 3.8) is 0 Å². The van der Waals surface area contributed by atoms with Gasteiger partial charge in [0.2, 0.25) is 0 Å². The molecule has 0 bridgehead atoms. The van der Waals surface area contributed by atoms with Crippen LogP contribution in [0.2, 0.25) is 5.02 Å². The van der Waals surface area contributed by atoms with Gasteiger partial charge in [-0.15, -0.1) is 11.6 Å². The predicted molar refractivity (Wildman–Crippen MR) is 137 cm³/mol. The van der Waals surface area contributed by atoms with Crippen LogP contribution in [0.1, 0.15) is 44.5 Å². The number of aryl methyl sites for hydroxylation is 1. The Morgan fingerprint density at radius 3 is 2.67 bits per heavy atom. The normalized spacial score (nSPS) is 12.2. The number of fused-ring (bicyclic) bond motifs is 1. The standard InChI is InChI=1S/C28H23Cl2NO2/c1-33-28(32)25-8-3-2-6-20(25)12-16-26(30)22-7-4-5-19(17-22)9-14-24-15-11-21-10-13-23(29)18-27(21)31-24/h2-11,13-15,17-18,26H,12,16H2,1H3/t26-/m0/s1. The molecule has 5 heteroatoms. The molecule has 4 rings (SSSR count). The number of esters is 1. The number of nitrogens with zero attached hydrogens (tertiary/aromatic N) is 1. The highest BCUT2D eigenvalue weighted by Crippen LogP contribution is 2.28. The first kappa shape index (κ1) is 23.0. The van der Waals surface area contributed by atoms with Gasteiger partial charge < -0.3 is 4.74 Å². The number of benzene rings is 3. The molecule has 3 aromatic carbocycles. The number of rotatable bonds is 7. The molecule has 0 aliphatic rings. The SMILES string of the molecule is COC(=O)c1ccccc1CC[C@H](Cl)c1cccc(C=Cc2ccc3ccc(Cl)cc3n2)c1. The Labute approximate surface area is 203 Å². The summed E-state index contributed by atoms with van der Waals surface area (Å²) in [4.78, 5) is 16.7. The molecule has 1 heterocycles. The van der Waals surface area contributed by atoms with Crippen molar-refractivity contribution >= 4 is 52.2 Å². The molecule has 0 unspecified atom stereocenters. The molecule has 0 aliphatic heterocycles. The zero-order valence-corrected chi connectivity index (χ0v) is 19.7. The lowest BCUT2D eigenvalue weighted by molar-refractivity contribution is 0.0599. The summed E-state index contributed by atoms with van der Waals surface area (Å²) in [5.41, 5.74) is 5.33. The summed E-state index contributed by atoms with van der Waals surface area (Å²) in [7, 11) is 1.39. The van der Waals surface area contributed by atoms with Crippen LogP contribution in [-0.4, -0.2) is 18.1 Å². The minimum absolute atomic E-state index is 0.176. The van der Waals surface area contributed by atoms with E-state index in [0.29, 0.717) is 23.4 Å². The van der Waals surface area contributed by atoms with E-state index >= 15 is 0 Å². The van der Waals surface area contributed by atoms with Gasteiger partial charge in [0.15, 0.2) is 0 Å². The van der Waals surface area contributed by atoms with E-state index in [1.54, 1.807) is 6.07 Å². The minimum atomic E-state index is -0.326. The maximum atomic E-state index is 12.0. The van der Waals surface area contributed by atoms with E-state index in [1.807, 2.05) is 78.9 Å². The van der Waals surface area contributed by atoms with Crippen LogP contribution in [-0.2, 0) is 11.2 Å². The number of pyridine rings is 1. The second kappa shape index (κ2) is 10.7. The van der Waals surface area contributed by atoms with Crippen molar-refractivity contribution in [2.75, 3.05) is 7.11 Å². The fourth-order valence-electron chi connectivity index (χ4n) is 3.73. The summed E-state index contributed by atoms with van der Waals surface area (Å²) >= 11 is 12.8. The largest absolute Gasteiger partial charge is 0.465 e. The maximum absolute atomic E-state index is 12.0. The molecule has 0 aliphatic carbocycles. The van der Waals surface area contributed by atoms with Gasteiger partial charge in [0.1, 0.15) is 0 Å². The number of halogens is 2. The van der Waals surface area contributed by atoms with Crippen LogP contribution in [0.15, 0.2) is 78.9 Å². The molecule has 1 atom stereocenters. The highest BCUT2D eigenvalue weighted by atomic mass is 35.5. The van der Waals surface area contributed by atoms with E-state index in [4.69, 9.17) is 27.9 Å². The Kier molecular flexibility index (Phi) is 7.43. The summed E-state index contributed by atoms with van der Waals surface area (Å²) in [6, 6.07) is 25.3. The van der Waals surface area contributed by atoms with Crippen LogP contribution < -0.4 is 0 Å². The van der Waals surface area contributed by atoms with Crippen molar-refractivity contribution in [3.05, 3.63) is 112 Å². The van der Waals surface area contributed by atoms with Crippen LogP contribution in [0.3, 0.4) is 0 Å². The number of methoxy groups -OCH3 is 1. The lowest BCUT2D eigenvalue weighted by atomic mass is 9.98. The molecule has 0 amide bonds. The van der Waals surface area contributed by atoms with Crippen LogP contribution >= 0.6 is 23.2 Å². The third-order valence-corrected chi connectivity index (χ3v) is 6.19. The van der Waals surface area contributed by atoms with Crippen LogP contribution in [0, 0.1) is 0 Å². The van der Waals surface area contributed by atoms with Crippen LogP contribution in [0.5, 0.6) is 0 Å². The Hall–Kier alpha value is -3.14. The van der Waals surface area contributed by atoms with Gasteiger partial charge in [-0.2, -0.15) is 0 Å². The zero-order valence-electron chi connectivity index (χ0n) is 18.2. The number of aromatic nitrogens is 1. The molecule has 0 spiro atoms. The van der Waals surface area contributed by atoms with E-state index in [1.165, 1.54) is 7.11 Å². The summed E-state index contributed by atoms with van der Waals surface area (Å²) in [5, 5.41) is 1.55. The Balaban J connectivity index is 1.46. The smallest absolute Gasteiger partial charge is 0.338 e. The molecule has 4 aromatic rings. The van der Waals surface area contributed by atoms with Crippen LogP contribution in [0.4, 0.5) is 0 Å². The van der Waals surface area contributed by atoms with Gasteiger partial charge >= 0.3 is 5.97 Å². The first-order valence-electron chi connectivity index (χ1n) is 10.7. The van der Waals surface area contributed by atoms with Crippen molar-refractivity contribution in [1.82, 2.24) is 4.98 Å². The Morgan fingerprint density at radius 2 is 1.82 bits per heavy atom. The van der Waals surface area contributed by atoms with E-state index in [2.05, 4.69) is 11.1 Å². The quantitative estimate of drug-likeness (QED) is 0.202. The van der Waals surface area contributed by atoms with Gasteiger partial charge in [0, 0.05) is 10.4 Å². The number of hydrogen-bond acceptors (Lipinski definition) is 3. The lowest BCUT2D eigenvalue weighted by Gasteiger charge is -2.12. The molecule has 0 fully saturated rings. The summed E-state index contributed by atoms with van der Waals surface area (Å²) in [6.07, 6.45) is 5.40. The van der Waals surface area contributed by atoms with Gasteiger partial charge in [-0.1, -0.05) is 72.3 Å². The molecule has 0 saturated heterocycles. The van der Waals surface area contributed by atoms with E-state index in [0.717, 1.165) is 33.3 Å². The van der Waals surface area contributed by atoms with E-state index in [-0.39, 0.29) is 11.3 Å². The van der Waals surface area contributed by atoms with Crippen LogP contribution in [0.25, 0.3) is 23.1 Å². The molecule has 0 saturated carbocycles. The monoisotopic (exact) mass is 475 g/mol. The van der Waals surface area contributed by atoms with Gasteiger partial charge in [-0.05, 0) is 59.9 Å².